The monoisotopic (exact) mass is 624 g/mol. The average Bonchev–Trinajstić information content (AvgIpc) is 2.98. The van der Waals surface area contributed by atoms with Crippen molar-refractivity contribution in [2.75, 3.05) is 20.3 Å². The second-order valence-electron chi connectivity index (χ2n) is 14.6. The van der Waals surface area contributed by atoms with Crippen molar-refractivity contribution in [3.8, 4) is 0 Å². The molecule has 0 bridgehead atoms. The van der Waals surface area contributed by atoms with Crippen molar-refractivity contribution in [2.45, 2.75) is 213 Å². The zero-order valence-electron chi connectivity index (χ0n) is 30.8. The second-order valence-corrected chi connectivity index (χ2v) is 14.6. The van der Waals surface area contributed by atoms with Crippen molar-refractivity contribution in [1.29, 1.82) is 0 Å². The summed E-state index contributed by atoms with van der Waals surface area (Å²) in [6.45, 7) is 13.9. The Balaban J connectivity index is 4.55. The predicted octanol–water partition coefficient (Wildman–Crippen LogP) is 11.3. The molecule has 1 N–H and O–H groups in total. The van der Waals surface area contributed by atoms with Crippen LogP contribution in [0.2, 0.25) is 0 Å². The third-order valence-corrected chi connectivity index (χ3v) is 9.35. The minimum atomic E-state index is -0.501. The van der Waals surface area contributed by atoms with Gasteiger partial charge < -0.3 is 14.8 Å². The van der Waals surface area contributed by atoms with Crippen LogP contribution in [0.3, 0.4) is 0 Å². The summed E-state index contributed by atoms with van der Waals surface area (Å²) in [6.07, 6.45) is 29.3. The molecule has 0 aromatic rings. The van der Waals surface area contributed by atoms with Gasteiger partial charge in [0.15, 0.2) is 0 Å². The quantitative estimate of drug-likeness (QED) is 0.0583. The molecule has 0 radical (unpaired) electrons. The third-order valence-electron chi connectivity index (χ3n) is 9.35. The van der Waals surface area contributed by atoms with Crippen LogP contribution in [0.15, 0.2) is 0 Å². The van der Waals surface area contributed by atoms with E-state index >= 15 is 0 Å². The molecule has 0 spiro atoms. The zero-order valence-corrected chi connectivity index (χ0v) is 30.8. The number of amides is 1. The van der Waals surface area contributed by atoms with Gasteiger partial charge >= 0.3 is 0 Å². The molecular formula is C39H77NO4. The zero-order chi connectivity index (χ0) is 32.9. The van der Waals surface area contributed by atoms with E-state index in [0.29, 0.717) is 32.4 Å². The molecule has 0 aromatic heterocycles. The fraction of sp³-hybridized carbons (Fsp3) is 0.949. The number of Topliss-reactive ketones (excluding diaryl/α,β-unsaturated/α-hetero) is 1. The van der Waals surface area contributed by atoms with Crippen LogP contribution < -0.4 is 5.32 Å². The van der Waals surface area contributed by atoms with Gasteiger partial charge in [0, 0.05) is 20.1 Å². The Morgan fingerprint density at radius 1 is 0.591 bits per heavy atom. The molecule has 1 amide bonds. The summed E-state index contributed by atoms with van der Waals surface area (Å²) >= 11 is 0. The number of hydrogen-bond donors (Lipinski definition) is 1. The molecular weight excluding hydrogens is 546 g/mol. The number of methoxy groups -OCH3 is 1. The Morgan fingerprint density at radius 2 is 1.02 bits per heavy atom. The molecule has 0 rings (SSSR count). The molecule has 0 aromatic carbocycles. The van der Waals surface area contributed by atoms with E-state index in [1.807, 2.05) is 0 Å². The van der Waals surface area contributed by atoms with Gasteiger partial charge in [-0.3, -0.25) is 9.59 Å². The van der Waals surface area contributed by atoms with Gasteiger partial charge in [-0.25, -0.2) is 0 Å². The molecule has 262 valence electrons. The maximum Gasteiger partial charge on any atom is 0.230 e. The number of hydrogen-bond acceptors (Lipinski definition) is 4. The highest BCUT2D eigenvalue weighted by molar-refractivity contribution is 6.01. The molecule has 1 atom stereocenters. The largest absolute Gasteiger partial charge is 0.379 e. The predicted molar refractivity (Wildman–Crippen MR) is 189 cm³/mol. The molecule has 0 aliphatic carbocycles. The SMILES string of the molecule is CCCCCCCCCCCCCC(=O)C(CCCCCCCCCCCC)C(=O)NCCC(C)(C)OCCC(C)(C)OC. The smallest absolute Gasteiger partial charge is 0.230 e. The lowest BCUT2D eigenvalue weighted by Gasteiger charge is -2.29. The number of rotatable bonds is 33. The van der Waals surface area contributed by atoms with Gasteiger partial charge in [-0.15, -0.1) is 0 Å². The standard InChI is InChI=1S/C39H77NO4/c1-8-10-12-14-16-18-20-22-24-26-28-30-36(41)35(29-27-25-23-21-19-17-15-13-11-9-2)37(42)40-33-31-39(5,6)44-34-32-38(3,4)43-7/h35H,8-34H2,1-7H3,(H,40,42). The van der Waals surface area contributed by atoms with Crippen molar-refractivity contribution in [2.24, 2.45) is 5.92 Å². The summed E-state index contributed by atoms with van der Waals surface area (Å²) in [5.74, 6) is -0.435. The van der Waals surface area contributed by atoms with Crippen LogP contribution in [0.4, 0.5) is 0 Å². The van der Waals surface area contributed by atoms with Gasteiger partial charge in [0.05, 0.1) is 23.7 Å². The fourth-order valence-corrected chi connectivity index (χ4v) is 5.77. The minimum absolute atomic E-state index is 0.0784. The van der Waals surface area contributed by atoms with E-state index in [1.54, 1.807) is 7.11 Å². The Bertz CT molecular complexity index is 675. The van der Waals surface area contributed by atoms with E-state index in [-0.39, 0.29) is 22.9 Å². The first-order chi connectivity index (χ1) is 21.1. The maximum absolute atomic E-state index is 13.3. The van der Waals surface area contributed by atoms with Crippen molar-refractivity contribution in [3.63, 3.8) is 0 Å². The van der Waals surface area contributed by atoms with Crippen molar-refractivity contribution in [1.82, 2.24) is 5.32 Å². The third kappa shape index (κ3) is 26.3. The lowest BCUT2D eigenvalue weighted by atomic mass is 9.91. The summed E-state index contributed by atoms with van der Waals surface area (Å²) in [7, 11) is 1.73. The Kier molecular flexibility index (Phi) is 27.7. The molecule has 5 nitrogen and oxygen atoms in total. The number of carbonyl (C=O) groups excluding carboxylic acids is 2. The lowest BCUT2D eigenvalue weighted by Crippen LogP contribution is -2.39. The van der Waals surface area contributed by atoms with Crippen LogP contribution in [0.25, 0.3) is 0 Å². The second kappa shape index (κ2) is 28.3. The number of unbranched alkanes of at least 4 members (excludes halogenated alkanes) is 19. The highest BCUT2D eigenvalue weighted by Gasteiger charge is 2.27. The average molecular weight is 624 g/mol. The van der Waals surface area contributed by atoms with E-state index in [4.69, 9.17) is 9.47 Å². The van der Waals surface area contributed by atoms with E-state index in [1.165, 1.54) is 109 Å². The van der Waals surface area contributed by atoms with Gasteiger partial charge in [-0.05, 0) is 53.4 Å². The summed E-state index contributed by atoms with van der Waals surface area (Å²) < 4.78 is 11.6. The Morgan fingerprint density at radius 3 is 1.48 bits per heavy atom. The molecule has 0 fully saturated rings. The highest BCUT2D eigenvalue weighted by atomic mass is 16.5. The summed E-state index contributed by atoms with van der Waals surface area (Å²) in [5, 5.41) is 3.10. The van der Waals surface area contributed by atoms with E-state index in [9.17, 15) is 9.59 Å². The molecule has 0 saturated carbocycles. The molecule has 0 aliphatic rings. The fourth-order valence-electron chi connectivity index (χ4n) is 5.77. The van der Waals surface area contributed by atoms with Crippen molar-refractivity contribution in [3.05, 3.63) is 0 Å². The van der Waals surface area contributed by atoms with Crippen LogP contribution >= 0.6 is 0 Å². The molecule has 5 heteroatoms. The lowest BCUT2D eigenvalue weighted by molar-refractivity contribution is -0.134. The van der Waals surface area contributed by atoms with Crippen LogP contribution in [0.5, 0.6) is 0 Å². The highest BCUT2D eigenvalue weighted by Crippen LogP contribution is 2.21. The first-order valence-corrected chi connectivity index (χ1v) is 19.1. The number of ether oxygens (including phenoxy) is 2. The maximum atomic E-state index is 13.3. The Hall–Kier alpha value is -0.940. The van der Waals surface area contributed by atoms with Gasteiger partial charge in [0.2, 0.25) is 5.91 Å². The van der Waals surface area contributed by atoms with Gasteiger partial charge in [-0.2, -0.15) is 0 Å². The first-order valence-electron chi connectivity index (χ1n) is 19.1. The van der Waals surface area contributed by atoms with Gasteiger partial charge in [-0.1, -0.05) is 142 Å². The molecule has 1 unspecified atom stereocenters. The topological polar surface area (TPSA) is 64.6 Å². The summed E-state index contributed by atoms with van der Waals surface area (Å²) in [4.78, 5) is 26.5. The van der Waals surface area contributed by atoms with E-state index in [0.717, 1.165) is 32.1 Å². The summed E-state index contributed by atoms with van der Waals surface area (Å²) in [5.41, 5.74) is -0.553. The number of nitrogens with one attached hydrogen (secondary N) is 1. The van der Waals surface area contributed by atoms with Crippen LogP contribution in [-0.2, 0) is 19.1 Å². The van der Waals surface area contributed by atoms with Crippen LogP contribution in [-0.4, -0.2) is 43.2 Å². The molecule has 44 heavy (non-hydrogen) atoms. The summed E-state index contributed by atoms with van der Waals surface area (Å²) in [6, 6.07) is 0. The van der Waals surface area contributed by atoms with Gasteiger partial charge in [0.25, 0.3) is 0 Å². The molecule has 0 heterocycles. The molecule has 0 saturated heterocycles. The minimum Gasteiger partial charge on any atom is -0.379 e. The number of carbonyl (C=O) groups is 2. The van der Waals surface area contributed by atoms with E-state index in [2.05, 4.69) is 46.9 Å². The Labute approximate surface area is 275 Å². The molecule has 0 aliphatic heterocycles. The van der Waals surface area contributed by atoms with Crippen LogP contribution in [0.1, 0.15) is 202 Å². The van der Waals surface area contributed by atoms with Gasteiger partial charge in [0.1, 0.15) is 5.78 Å². The number of ketones is 1. The first kappa shape index (κ1) is 43.1. The van der Waals surface area contributed by atoms with Crippen LogP contribution in [0, 0.1) is 5.92 Å². The normalized spacial score (nSPS) is 12.9. The van der Waals surface area contributed by atoms with Crippen molar-refractivity contribution < 1.29 is 19.1 Å². The van der Waals surface area contributed by atoms with Crippen molar-refractivity contribution >= 4 is 11.7 Å². The van der Waals surface area contributed by atoms with E-state index < -0.39 is 5.92 Å².